The van der Waals surface area contributed by atoms with Gasteiger partial charge in [0.1, 0.15) is 12.4 Å². The zero-order valence-electron chi connectivity index (χ0n) is 12.7. The van der Waals surface area contributed by atoms with E-state index >= 15 is 0 Å². The molecule has 1 fully saturated rings. The number of hydrogen-bond donors (Lipinski definition) is 1. The Labute approximate surface area is 122 Å². The van der Waals surface area contributed by atoms with Crippen molar-refractivity contribution in [2.45, 2.75) is 51.7 Å². The fraction of sp³-hybridized carbons (Fsp3) is 0.647. The number of hydrogen-bond acceptors (Lipinski definition) is 3. The van der Waals surface area contributed by atoms with Gasteiger partial charge in [-0.05, 0) is 43.9 Å². The predicted octanol–water partition coefficient (Wildman–Crippen LogP) is 3.18. The van der Waals surface area contributed by atoms with Gasteiger partial charge < -0.3 is 14.8 Å². The zero-order chi connectivity index (χ0) is 14.2. The van der Waals surface area contributed by atoms with Gasteiger partial charge in [0.05, 0.1) is 12.2 Å². The topological polar surface area (TPSA) is 30.5 Å². The third kappa shape index (κ3) is 4.50. The summed E-state index contributed by atoms with van der Waals surface area (Å²) in [5, 5.41) is 3.42. The van der Waals surface area contributed by atoms with E-state index in [0.717, 1.165) is 38.1 Å². The van der Waals surface area contributed by atoms with Crippen LogP contribution in [-0.2, 0) is 11.2 Å². The molecule has 0 amide bonds. The zero-order valence-corrected chi connectivity index (χ0v) is 12.7. The van der Waals surface area contributed by atoms with Gasteiger partial charge in [-0.1, -0.05) is 32.0 Å². The third-order valence-electron chi connectivity index (χ3n) is 3.77. The summed E-state index contributed by atoms with van der Waals surface area (Å²) in [6.07, 6.45) is 5.02. The van der Waals surface area contributed by atoms with Crippen LogP contribution in [0.3, 0.4) is 0 Å². The lowest BCUT2D eigenvalue weighted by molar-refractivity contribution is 0.0185. The predicted molar refractivity (Wildman–Crippen MR) is 82.4 cm³/mol. The van der Waals surface area contributed by atoms with Crippen LogP contribution in [0, 0.1) is 0 Å². The highest BCUT2D eigenvalue weighted by atomic mass is 16.5. The molecular weight excluding hydrogens is 250 g/mol. The Kier molecular flexibility index (Phi) is 6.34. The van der Waals surface area contributed by atoms with Crippen molar-refractivity contribution < 1.29 is 9.47 Å². The molecule has 1 aromatic carbocycles. The average molecular weight is 277 g/mol. The number of para-hydroxylation sites is 1. The van der Waals surface area contributed by atoms with E-state index in [1.165, 1.54) is 12.0 Å². The smallest absolute Gasteiger partial charge is 0.122 e. The summed E-state index contributed by atoms with van der Waals surface area (Å²) >= 11 is 0. The van der Waals surface area contributed by atoms with E-state index in [9.17, 15) is 0 Å². The first-order chi connectivity index (χ1) is 9.83. The van der Waals surface area contributed by atoms with Crippen LogP contribution >= 0.6 is 0 Å². The van der Waals surface area contributed by atoms with E-state index < -0.39 is 0 Å². The maximum absolute atomic E-state index is 6.02. The molecule has 1 N–H and O–H groups in total. The van der Waals surface area contributed by atoms with Gasteiger partial charge >= 0.3 is 0 Å². The van der Waals surface area contributed by atoms with Crippen LogP contribution in [0.2, 0.25) is 0 Å². The van der Waals surface area contributed by atoms with Crippen molar-refractivity contribution in [1.29, 1.82) is 0 Å². The summed E-state index contributed by atoms with van der Waals surface area (Å²) in [5.74, 6) is 1.01. The van der Waals surface area contributed by atoms with Crippen LogP contribution in [0.25, 0.3) is 0 Å². The fourth-order valence-electron chi connectivity index (χ4n) is 2.61. The minimum atomic E-state index is 0.244. The molecule has 1 saturated heterocycles. The van der Waals surface area contributed by atoms with Crippen LogP contribution in [0.1, 0.15) is 38.7 Å². The maximum atomic E-state index is 6.02. The molecule has 0 spiro atoms. The van der Waals surface area contributed by atoms with Gasteiger partial charge in [-0.3, -0.25) is 0 Å². The lowest BCUT2D eigenvalue weighted by atomic mass is 10.1. The van der Waals surface area contributed by atoms with Crippen LogP contribution in [0.5, 0.6) is 5.75 Å². The molecule has 0 aromatic heterocycles. The summed E-state index contributed by atoms with van der Waals surface area (Å²) in [6.45, 7) is 7.05. The fourth-order valence-corrected chi connectivity index (χ4v) is 2.61. The monoisotopic (exact) mass is 277 g/mol. The molecule has 0 bridgehead atoms. The standard InChI is InChI=1S/C17H27NO2/c1-3-11-18-12-15-9-10-16(20-15)13-19-17-8-6-5-7-14(17)4-2/h5-8,15-16,18H,3-4,9-13H2,1-2H3. The average Bonchev–Trinajstić information content (AvgIpc) is 2.93. The van der Waals surface area contributed by atoms with E-state index in [0.29, 0.717) is 12.7 Å². The molecule has 3 heteroatoms. The quantitative estimate of drug-likeness (QED) is 0.740. The molecule has 1 heterocycles. The van der Waals surface area contributed by atoms with Gasteiger partial charge in [0.15, 0.2) is 0 Å². The van der Waals surface area contributed by atoms with Gasteiger partial charge in [0.25, 0.3) is 0 Å². The second kappa shape index (κ2) is 8.28. The highest BCUT2D eigenvalue weighted by Crippen LogP contribution is 2.23. The van der Waals surface area contributed by atoms with E-state index in [4.69, 9.17) is 9.47 Å². The molecule has 1 aromatic rings. The largest absolute Gasteiger partial charge is 0.491 e. The van der Waals surface area contributed by atoms with Crippen molar-refractivity contribution in [1.82, 2.24) is 5.32 Å². The van der Waals surface area contributed by atoms with Crippen molar-refractivity contribution >= 4 is 0 Å². The molecule has 2 atom stereocenters. The summed E-state index contributed by atoms with van der Waals surface area (Å²) in [7, 11) is 0. The maximum Gasteiger partial charge on any atom is 0.122 e. The second-order valence-electron chi connectivity index (χ2n) is 5.43. The molecule has 3 nitrogen and oxygen atoms in total. The molecule has 0 radical (unpaired) electrons. The minimum Gasteiger partial charge on any atom is -0.491 e. The lowest BCUT2D eigenvalue weighted by Crippen LogP contribution is -2.28. The summed E-state index contributed by atoms with van der Waals surface area (Å²) in [5.41, 5.74) is 1.27. The van der Waals surface area contributed by atoms with Crippen molar-refractivity contribution in [3.8, 4) is 5.75 Å². The summed E-state index contributed by atoms with van der Waals surface area (Å²) in [6, 6.07) is 8.27. The SMILES string of the molecule is CCCNCC1CCC(COc2ccccc2CC)O1. The number of aryl methyl sites for hydroxylation is 1. The van der Waals surface area contributed by atoms with Gasteiger partial charge in [0, 0.05) is 6.54 Å². The van der Waals surface area contributed by atoms with E-state index in [1.807, 2.05) is 12.1 Å². The molecule has 2 rings (SSSR count). The third-order valence-corrected chi connectivity index (χ3v) is 3.77. The summed E-state index contributed by atoms with van der Waals surface area (Å²) in [4.78, 5) is 0. The van der Waals surface area contributed by atoms with Crippen LogP contribution in [-0.4, -0.2) is 31.9 Å². The molecule has 0 aliphatic carbocycles. The van der Waals surface area contributed by atoms with E-state index in [-0.39, 0.29) is 6.10 Å². The van der Waals surface area contributed by atoms with Gasteiger partial charge in [-0.25, -0.2) is 0 Å². The van der Waals surface area contributed by atoms with Crippen molar-refractivity contribution in [3.63, 3.8) is 0 Å². The van der Waals surface area contributed by atoms with E-state index in [1.54, 1.807) is 0 Å². The Morgan fingerprint density at radius 1 is 1.20 bits per heavy atom. The first kappa shape index (κ1) is 15.3. The van der Waals surface area contributed by atoms with Crippen LogP contribution in [0.15, 0.2) is 24.3 Å². The van der Waals surface area contributed by atoms with Crippen LogP contribution < -0.4 is 10.1 Å². The molecule has 1 aliphatic heterocycles. The molecule has 20 heavy (non-hydrogen) atoms. The highest BCUT2D eigenvalue weighted by Gasteiger charge is 2.25. The molecule has 0 saturated carbocycles. The normalized spacial score (nSPS) is 22.1. The van der Waals surface area contributed by atoms with Crippen molar-refractivity contribution in [2.24, 2.45) is 0 Å². The highest BCUT2D eigenvalue weighted by molar-refractivity contribution is 5.33. The summed E-state index contributed by atoms with van der Waals surface area (Å²) < 4.78 is 12.0. The van der Waals surface area contributed by atoms with Gasteiger partial charge in [0.2, 0.25) is 0 Å². The minimum absolute atomic E-state index is 0.244. The van der Waals surface area contributed by atoms with Gasteiger partial charge in [-0.15, -0.1) is 0 Å². The van der Waals surface area contributed by atoms with E-state index in [2.05, 4.69) is 31.3 Å². The molecule has 1 aliphatic rings. The van der Waals surface area contributed by atoms with Crippen molar-refractivity contribution in [3.05, 3.63) is 29.8 Å². The number of rotatable bonds is 8. The number of ether oxygens (including phenoxy) is 2. The Balaban J connectivity index is 1.72. The number of benzene rings is 1. The molecular formula is C17H27NO2. The van der Waals surface area contributed by atoms with Gasteiger partial charge in [-0.2, -0.15) is 0 Å². The number of nitrogens with one attached hydrogen (secondary N) is 1. The molecule has 2 unspecified atom stereocenters. The Bertz CT molecular complexity index is 394. The molecule has 112 valence electrons. The Morgan fingerprint density at radius 2 is 2.00 bits per heavy atom. The Hall–Kier alpha value is -1.06. The van der Waals surface area contributed by atoms with Crippen molar-refractivity contribution in [2.75, 3.05) is 19.7 Å². The second-order valence-corrected chi connectivity index (χ2v) is 5.43. The first-order valence-corrected chi connectivity index (χ1v) is 7.90. The Morgan fingerprint density at radius 3 is 2.80 bits per heavy atom. The first-order valence-electron chi connectivity index (χ1n) is 7.90. The lowest BCUT2D eigenvalue weighted by Gasteiger charge is -2.16. The van der Waals surface area contributed by atoms with Crippen LogP contribution in [0.4, 0.5) is 0 Å².